The van der Waals surface area contributed by atoms with Crippen LogP contribution in [0.1, 0.15) is 45.4 Å². The molecule has 1 saturated heterocycles. The highest BCUT2D eigenvalue weighted by atomic mass is 32.2. The van der Waals surface area contributed by atoms with Gasteiger partial charge in [0.2, 0.25) is 10.0 Å². The van der Waals surface area contributed by atoms with Crippen molar-refractivity contribution in [2.24, 2.45) is 5.92 Å². The van der Waals surface area contributed by atoms with Crippen LogP contribution in [-0.4, -0.2) is 32.8 Å². The van der Waals surface area contributed by atoms with Gasteiger partial charge in [-0.05, 0) is 38.6 Å². The Morgan fingerprint density at radius 2 is 2.00 bits per heavy atom. The van der Waals surface area contributed by atoms with Gasteiger partial charge in [0.1, 0.15) is 0 Å². The summed E-state index contributed by atoms with van der Waals surface area (Å²) in [4.78, 5) is 0. The van der Waals surface area contributed by atoms with Crippen LogP contribution in [0.3, 0.4) is 0 Å². The molecule has 0 bridgehead atoms. The van der Waals surface area contributed by atoms with Gasteiger partial charge in [0.05, 0.1) is 5.75 Å². The van der Waals surface area contributed by atoms with Crippen molar-refractivity contribution in [3.63, 3.8) is 0 Å². The van der Waals surface area contributed by atoms with Gasteiger partial charge in [-0.3, -0.25) is 0 Å². The van der Waals surface area contributed by atoms with E-state index in [1.54, 1.807) is 0 Å². The minimum absolute atomic E-state index is 0.270. The van der Waals surface area contributed by atoms with Crippen LogP contribution >= 0.6 is 0 Å². The van der Waals surface area contributed by atoms with Gasteiger partial charge in [0, 0.05) is 12.1 Å². The lowest BCUT2D eigenvalue weighted by Crippen LogP contribution is -2.49. The Bertz CT molecular complexity index is 342. The van der Waals surface area contributed by atoms with E-state index in [2.05, 4.69) is 10.0 Å². The van der Waals surface area contributed by atoms with Gasteiger partial charge in [0.25, 0.3) is 0 Å². The molecule has 1 heterocycles. The number of nitrogens with one attached hydrogen (secondary N) is 2. The van der Waals surface area contributed by atoms with Crippen LogP contribution in [0.25, 0.3) is 0 Å². The highest BCUT2D eigenvalue weighted by Gasteiger charge is 2.33. The maximum Gasteiger partial charge on any atom is 0.212 e. The Hall–Kier alpha value is -0.130. The molecule has 0 spiro atoms. The second kappa shape index (κ2) is 5.24. The predicted octanol–water partition coefficient (Wildman–Crippen LogP) is 1.24. The van der Waals surface area contributed by atoms with Gasteiger partial charge >= 0.3 is 0 Å². The lowest BCUT2D eigenvalue weighted by molar-refractivity contribution is 0.379. The van der Waals surface area contributed by atoms with E-state index in [0.717, 1.165) is 32.4 Å². The molecule has 2 N–H and O–H groups in total. The molecule has 0 aromatic rings. The average Bonchev–Trinajstić information content (AvgIpc) is 2.64. The molecule has 0 aromatic carbocycles. The molecule has 1 saturated carbocycles. The molecule has 2 aliphatic rings. The molecule has 0 radical (unpaired) electrons. The summed E-state index contributed by atoms with van der Waals surface area (Å²) in [5.41, 5.74) is -0.270. The summed E-state index contributed by atoms with van der Waals surface area (Å²) < 4.78 is 27.1. The van der Waals surface area contributed by atoms with Crippen LogP contribution < -0.4 is 10.0 Å². The standard InChI is InChI=1S/C12H24N2O2S/c1-12(7-8-13-10-12)14-17(15,16)9-11-5-3-2-4-6-11/h11,13-14H,2-10H2,1H3. The second-order valence-corrected chi connectivity index (χ2v) is 7.64. The summed E-state index contributed by atoms with van der Waals surface area (Å²) in [6.07, 6.45) is 6.70. The molecular weight excluding hydrogens is 236 g/mol. The molecule has 2 rings (SSSR count). The summed E-state index contributed by atoms with van der Waals surface area (Å²) in [5, 5.41) is 3.21. The molecule has 1 unspecified atom stereocenters. The Kier molecular flexibility index (Phi) is 4.10. The van der Waals surface area contributed by atoms with Crippen LogP contribution in [0.4, 0.5) is 0 Å². The van der Waals surface area contributed by atoms with E-state index in [0.29, 0.717) is 11.7 Å². The van der Waals surface area contributed by atoms with Crippen molar-refractivity contribution < 1.29 is 8.42 Å². The molecule has 1 aliphatic carbocycles. The topological polar surface area (TPSA) is 58.2 Å². The predicted molar refractivity (Wildman–Crippen MR) is 69.4 cm³/mol. The highest BCUT2D eigenvalue weighted by molar-refractivity contribution is 7.89. The smallest absolute Gasteiger partial charge is 0.212 e. The minimum atomic E-state index is -3.11. The van der Waals surface area contributed by atoms with Crippen LogP contribution in [0.5, 0.6) is 0 Å². The summed E-state index contributed by atoms with van der Waals surface area (Å²) >= 11 is 0. The Morgan fingerprint density at radius 3 is 2.59 bits per heavy atom. The molecular formula is C12H24N2O2S. The van der Waals surface area contributed by atoms with Gasteiger partial charge in [-0.2, -0.15) is 0 Å². The monoisotopic (exact) mass is 260 g/mol. The third-order valence-electron chi connectivity index (χ3n) is 3.95. The second-order valence-electron chi connectivity index (χ2n) is 5.87. The van der Waals surface area contributed by atoms with E-state index in [1.807, 2.05) is 6.92 Å². The van der Waals surface area contributed by atoms with E-state index < -0.39 is 10.0 Å². The molecule has 2 fully saturated rings. The Morgan fingerprint density at radius 1 is 1.29 bits per heavy atom. The lowest BCUT2D eigenvalue weighted by atomic mass is 9.91. The maximum absolute atomic E-state index is 12.1. The number of hydrogen-bond donors (Lipinski definition) is 2. The third kappa shape index (κ3) is 3.93. The van der Waals surface area contributed by atoms with Gasteiger partial charge < -0.3 is 5.32 Å². The maximum atomic E-state index is 12.1. The number of sulfonamides is 1. The molecule has 1 aliphatic heterocycles. The minimum Gasteiger partial charge on any atom is -0.315 e. The van der Waals surface area contributed by atoms with E-state index in [9.17, 15) is 8.42 Å². The molecule has 100 valence electrons. The van der Waals surface area contributed by atoms with Crippen molar-refractivity contribution >= 4 is 10.0 Å². The number of hydrogen-bond acceptors (Lipinski definition) is 3. The first kappa shape index (κ1) is 13.3. The third-order valence-corrected chi connectivity index (χ3v) is 5.66. The van der Waals surface area contributed by atoms with Gasteiger partial charge in [-0.1, -0.05) is 19.3 Å². The Labute approximate surface area is 105 Å². The van der Waals surface area contributed by atoms with E-state index >= 15 is 0 Å². The zero-order chi connectivity index (χ0) is 12.4. The summed E-state index contributed by atoms with van der Waals surface area (Å²) in [5.74, 6) is 0.696. The van der Waals surface area contributed by atoms with Gasteiger partial charge in [0.15, 0.2) is 0 Å². The van der Waals surface area contributed by atoms with Crippen LogP contribution in [0.2, 0.25) is 0 Å². The number of rotatable bonds is 4. The first-order valence-corrected chi connectivity index (χ1v) is 8.37. The van der Waals surface area contributed by atoms with Gasteiger partial charge in [-0.25, -0.2) is 13.1 Å². The van der Waals surface area contributed by atoms with Crippen molar-refractivity contribution in [3.8, 4) is 0 Å². The SMILES string of the molecule is CC1(NS(=O)(=O)CC2CCCCC2)CCNC1. The van der Waals surface area contributed by atoms with Crippen LogP contribution in [0, 0.1) is 5.92 Å². The lowest BCUT2D eigenvalue weighted by Gasteiger charge is -2.27. The molecule has 5 heteroatoms. The Balaban J connectivity index is 1.89. The summed E-state index contributed by atoms with van der Waals surface area (Å²) in [6.45, 7) is 3.64. The fraction of sp³-hybridized carbons (Fsp3) is 1.00. The normalized spacial score (nSPS) is 31.8. The molecule has 17 heavy (non-hydrogen) atoms. The van der Waals surface area contributed by atoms with Crippen molar-refractivity contribution in [1.82, 2.24) is 10.0 Å². The first-order chi connectivity index (χ1) is 7.99. The van der Waals surface area contributed by atoms with Crippen LogP contribution in [-0.2, 0) is 10.0 Å². The van der Waals surface area contributed by atoms with E-state index in [1.165, 1.54) is 19.3 Å². The highest BCUT2D eigenvalue weighted by Crippen LogP contribution is 2.25. The fourth-order valence-corrected chi connectivity index (χ4v) is 4.95. The quantitative estimate of drug-likeness (QED) is 0.799. The van der Waals surface area contributed by atoms with E-state index in [4.69, 9.17) is 0 Å². The summed E-state index contributed by atoms with van der Waals surface area (Å²) in [7, 11) is -3.11. The molecule has 1 atom stereocenters. The first-order valence-electron chi connectivity index (χ1n) is 6.72. The molecule has 0 aromatic heterocycles. The van der Waals surface area contributed by atoms with Gasteiger partial charge in [-0.15, -0.1) is 0 Å². The molecule has 4 nitrogen and oxygen atoms in total. The zero-order valence-electron chi connectivity index (χ0n) is 10.7. The fourth-order valence-electron chi connectivity index (χ4n) is 2.99. The van der Waals surface area contributed by atoms with Crippen molar-refractivity contribution in [1.29, 1.82) is 0 Å². The zero-order valence-corrected chi connectivity index (χ0v) is 11.5. The van der Waals surface area contributed by atoms with Crippen molar-refractivity contribution in [2.75, 3.05) is 18.8 Å². The molecule has 0 amide bonds. The van der Waals surface area contributed by atoms with Crippen molar-refractivity contribution in [2.45, 2.75) is 51.0 Å². The average molecular weight is 260 g/mol. The van der Waals surface area contributed by atoms with Crippen LogP contribution in [0.15, 0.2) is 0 Å². The van der Waals surface area contributed by atoms with E-state index in [-0.39, 0.29) is 5.54 Å². The largest absolute Gasteiger partial charge is 0.315 e. The van der Waals surface area contributed by atoms with Crippen molar-refractivity contribution in [3.05, 3.63) is 0 Å². The summed E-state index contributed by atoms with van der Waals surface area (Å²) in [6, 6.07) is 0.